The molecule has 1 heterocycles. The van der Waals surface area contributed by atoms with Crippen LogP contribution >= 0.6 is 23.6 Å². The molecule has 0 saturated heterocycles. The lowest BCUT2D eigenvalue weighted by Crippen LogP contribution is -2.30. The lowest BCUT2D eigenvalue weighted by molar-refractivity contribution is -0.120. The van der Waals surface area contributed by atoms with E-state index >= 15 is 0 Å². The zero-order chi connectivity index (χ0) is 23.8. The number of thiophene rings is 1. The van der Waals surface area contributed by atoms with Crippen molar-refractivity contribution < 1.29 is 14.3 Å². The van der Waals surface area contributed by atoms with Crippen LogP contribution in [0.25, 0.3) is 0 Å². The monoisotopic (exact) mass is 482 g/mol. The first-order chi connectivity index (χ1) is 15.7. The van der Waals surface area contributed by atoms with Gasteiger partial charge in [0, 0.05) is 18.8 Å². The second-order valence-electron chi connectivity index (χ2n) is 8.71. The molecular formula is C26H30N2O3S2. The Bertz CT molecular complexity index is 1060. The lowest BCUT2D eigenvalue weighted by Gasteiger charge is -2.22. The normalized spacial score (nSPS) is 11.0. The maximum Gasteiger partial charge on any atom is 0.269 e. The summed E-state index contributed by atoms with van der Waals surface area (Å²) < 4.78 is 11.7. The van der Waals surface area contributed by atoms with Gasteiger partial charge in [-0.25, -0.2) is 0 Å². The van der Waals surface area contributed by atoms with Crippen molar-refractivity contribution in [2.24, 2.45) is 0 Å². The number of thiocarbonyl (C=S) groups is 1. The van der Waals surface area contributed by atoms with Gasteiger partial charge in [0.2, 0.25) is 5.91 Å². The van der Waals surface area contributed by atoms with E-state index in [0.29, 0.717) is 36.2 Å². The van der Waals surface area contributed by atoms with Crippen LogP contribution in [0.2, 0.25) is 0 Å². The highest BCUT2D eigenvalue weighted by Crippen LogP contribution is 2.25. The van der Waals surface area contributed by atoms with Crippen LogP contribution in [-0.4, -0.2) is 31.3 Å². The molecule has 0 aliphatic rings. The average molecular weight is 483 g/mol. The van der Waals surface area contributed by atoms with Gasteiger partial charge in [0.25, 0.3) is 5.17 Å². The molecule has 2 aromatic carbocycles. The molecule has 5 nitrogen and oxygen atoms in total. The molecule has 33 heavy (non-hydrogen) atoms. The minimum atomic E-state index is -0.0106. The zero-order valence-electron chi connectivity index (χ0n) is 19.5. The van der Waals surface area contributed by atoms with Crippen molar-refractivity contribution in [3.05, 3.63) is 76.5 Å². The van der Waals surface area contributed by atoms with Crippen molar-refractivity contribution in [2.45, 2.75) is 32.6 Å². The van der Waals surface area contributed by atoms with Crippen LogP contribution in [0.1, 0.15) is 31.9 Å². The van der Waals surface area contributed by atoms with Crippen molar-refractivity contribution in [1.29, 1.82) is 0 Å². The molecule has 7 heteroatoms. The van der Waals surface area contributed by atoms with E-state index in [-0.39, 0.29) is 11.3 Å². The largest absolute Gasteiger partial charge is 0.492 e. The third kappa shape index (κ3) is 7.58. The van der Waals surface area contributed by atoms with Crippen molar-refractivity contribution >= 4 is 40.3 Å². The van der Waals surface area contributed by atoms with Gasteiger partial charge in [-0.05, 0) is 69.9 Å². The highest BCUT2D eigenvalue weighted by molar-refractivity contribution is 7.80. The van der Waals surface area contributed by atoms with E-state index < -0.39 is 0 Å². The number of hydrogen-bond acceptors (Lipinski definition) is 5. The molecule has 0 aliphatic heterocycles. The second-order valence-corrected chi connectivity index (χ2v) is 9.83. The van der Waals surface area contributed by atoms with E-state index in [2.05, 4.69) is 38.2 Å². The van der Waals surface area contributed by atoms with Crippen molar-refractivity contribution in [3.63, 3.8) is 0 Å². The molecule has 0 spiro atoms. The number of carbonyl (C=O) groups excluding carboxylic acids is 1. The Kier molecular flexibility index (Phi) is 8.47. The van der Waals surface area contributed by atoms with Gasteiger partial charge in [0.05, 0.1) is 13.0 Å². The summed E-state index contributed by atoms with van der Waals surface area (Å²) in [6, 6.07) is 17.6. The summed E-state index contributed by atoms with van der Waals surface area (Å²) in [4.78, 5) is 13.8. The molecule has 1 aromatic heterocycles. The number of hydrogen-bond donors (Lipinski definition) is 1. The summed E-state index contributed by atoms with van der Waals surface area (Å²) >= 11 is 7.08. The van der Waals surface area contributed by atoms with E-state index in [1.54, 1.807) is 16.2 Å². The molecule has 3 aromatic rings. The summed E-state index contributed by atoms with van der Waals surface area (Å²) in [5.74, 6) is 1.39. The first kappa shape index (κ1) is 24.7. The Morgan fingerprint density at radius 3 is 2.52 bits per heavy atom. The standard InChI is InChI=1S/C26H30N2O3S2/c1-26(2,3)20-8-10-22(11-9-20)31-25(32)28(4)21-6-5-7-23(17-21)30-14-13-27-24(29)16-19-12-15-33-18-19/h5-12,15,17-18H,13-14,16H2,1-4H3,(H,27,29). The molecule has 0 aliphatic carbocycles. The number of rotatable bonds is 8. The van der Waals surface area contributed by atoms with Crippen molar-refractivity contribution in [3.8, 4) is 11.5 Å². The number of nitrogens with one attached hydrogen (secondary N) is 1. The fourth-order valence-electron chi connectivity index (χ4n) is 3.08. The Hall–Kier alpha value is -2.90. The molecule has 1 amide bonds. The Balaban J connectivity index is 1.48. The predicted molar refractivity (Wildman–Crippen MR) is 140 cm³/mol. The van der Waals surface area contributed by atoms with Crippen LogP contribution in [0.3, 0.4) is 0 Å². The summed E-state index contributed by atoms with van der Waals surface area (Å²) in [7, 11) is 1.86. The van der Waals surface area contributed by atoms with Crippen LogP contribution in [-0.2, 0) is 16.6 Å². The molecule has 0 saturated carbocycles. The Morgan fingerprint density at radius 2 is 1.85 bits per heavy atom. The van der Waals surface area contributed by atoms with Gasteiger partial charge in [-0.15, -0.1) is 0 Å². The topological polar surface area (TPSA) is 50.8 Å². The third-order valence-electron chi connectivity index (χ3n) is 5.04. The van der Waals surface area contributed by atoms with Crippen molar-refractivity contribution in [2.75, 3.05) is 25.1 Å². The summed E-state index contributed by atoms with van der Waals surface area (Å²) in [6.07, 6.45) is 0.389. The van der Waals surface area contributed by atoms with Gasteiger partial charge in [-0.1, -0.05) is 39.0 Å². The molecule has 0 fully saturated rings. The highest BCUT2D eigenvalue weighted by atomic mass is 32.1. The van der Waals surface area contributed by atoms with E-state index in [4.69, 9.17) is 21.7 Å². The lowest BCUT2D eigenvalue weighted by atomic mass is 9.87. The second kappa shape index (κ2) is 11.3. The maximum atomic E-state index is 12.0. The minimum absolute atomic E-state index is 0.0106. The SMILES string of the molecule is CN(C(=S)Oc1ccc(C(C)(C)C)cc1)c1cccc(OCCNC(=O)Cc2ccsc2)c1. The summed E-state index contributed by atoms with van der Waals surface area (Å²) in [6.45, 7) is 7.35. The number of amides is 1. The Labute approximate surface area is 205 Å². The molecule has 3 rings (SSSR count). The third-order valence-corrected chi connectivity index (χ3v) is 6.13. The minimum Gasteiger partial charge on any atom is -0.492 e. The molecular weight excluding hydrogens is 452 g/mol. The molecule has 0 radical (unpaired) electrons. The van der Waals surface area contributed by atoms with E-state index in [0.717, 1.165) is 11.3 Å². The number of ether oxygens (including phenoxy) is 2. The number of anilines is 1. The van der Waals surface area contributed by atoms with Gasteiger partial charge in [0.1, 0.15) is 18.1 Å². The van der Waals surface area contributed by atoms with Crippen LogP contribution in [0.5, 0.6) is 11.5 Å². The van der Waals surface area contributed by atoms with Crippen LogP contribution in [0.15, 0.2) is 65.4 Å². The van der Waals surface area contributed by atoms with Gasteiger partial charge >= 0.3 is 0 Å². The smallest absolute Gasteiger partial charge is 0.269 e. The fraction of sp³-hybridized carbons (Fsp3) is 0.308. The average Bonchev–Trinajstić information content (AvgIpc) is 3.29. The van der Waals surface area contributed by atoms with Crippen LogP contribution in [0.4, 0.5) is 5.69 Å². The van der Waals surface area contributed by atoms with Gasteiger partial charge in [0.15, 0.2) is 0 Å². The number of benzene rings is 2. The van der Waals surface area contributed by atoms with Crippen LogP contribution < -0.4 is 19.7 Å². The molecule has 174 valence electrons. The molecule has 0 atom stereocenters. The number of carbonyl (C=O) groups is 1. The Morgan fingerprint density at radius 1 is 1.09 bits per heavy atom. The van der Waals surface area contributed by atoms with E-state index in [9.17, 15) is 4.79 Å². The fourth-order valence-corrected chi connectivity index (χ4v) is 3.95. The maximum absolute atomic E-state index is 12.0. The highest BCUT2D eigenvalue weighted by Gasteiger charge is 2.14. The van der Waals surface area contributed by atoms with E-state index in [1.807, 2.05) is 60.3 Å². The summed E-state index contributed by atoms with van der Waals surface area (Å²) in [5.41, 5.74) is 3.20. The molecule has 0 unspecified atom stereocenters. The van der Waals surface area contributed by atoms with Gasteiger partial charge < -0.3 is 19.7 Å². The first-order valence-corrected chi connectivity index (χ1v) is 12.1. The van der Waals surface area contributed by atoms with Crippen LogP contribution in [0, 0.1) is 0 Å². The summed E-state index contributed by atoms with van der Waals surface area (Å²) in [5, 5.41) is 7.17. The molecule has 0 bridgehead atoms. The quantitative estimate of drug-likeness (QED) is 0.335. The first-order valence-electron chi connectivity index (χ1n) is 10.8. The van der Waals surface area contributed by atoms with Gasteiger partial charge in [-0.2, -0.15) is 11.3 Å². The molecule has 1 N–H and O–H groups in total. The van der Waals surface area contributed by atoms with Gasteiger partial charge in [-0.3, -0.25) is 4.79 Å². The number of nitrogens with zero attached hydrogens (tertiary/aromatic N) is 1. The van der Waals surface area contributed by atoms with E-state index in [1.165, 1.54) is 5.56 Å². The predicted octanol–water partition coefficient (Wildman–Crippen LogP) is 5.58. The zero-order valence-corrected chi connectivity index (χ0v) is 21.1. The van der Waals surface area contributed by atoms with Crippen molar-refractivity contribution in [1.82, 2.24) is 5.32 Å².